The van der Waals surface area contributed by atoms with E-state index in [2.05, 4.69) is 5.32 Å². The summed E-state index contributed by atoms with van der Waals surface area (Å²) in [5.74, 6) is -1.31. The van der Waals surface area contributed by atoms with Crippen molar-refractivity contribution in [1.29, 1.82) is 0 Å². The Morgan fingerprint density at radius 3 is 2.53 bits per heavy atom. The Morgan fingerprint density at radius 1 is 1.14 bits per heavy atom. The Kier molecular flexibility index (Phi) is 5.31. The van der Waals surface area contributed by atoms with Crippen molar-refractivity contribution in [1.82, 2.24) is 5.32 Å². The number of allylic oxidation sites excluding steroid dienone is 4. The second-order valence-electron chi connectivity index (χ2n) is 9.27. The molecule has 2 heterocycles. The third kappa shape index (κ3) is 3.26. The Morgan fingerprint density at radius 2 is 1.83 bits per heavy atom. The molecule has 3 aliphatic rings. The molecule has 186 valence electrons. The fourth-order valence-corrected chi connectivity index (χ4v) is 4.88. The molecule has 0 spiro atoms. The van der Waals surface area contributed by atoms with Crippen LogP contribution in [-0.4, -0.2) is 46.8 Å². The van der Waals surface area contributed by atoms with Gasteiger partial charge in [-0.2, -0.15) is 0 Å². The van der Waals surface area contributed by atoms with Crippen molar-refractivity contribution in [3.8, 4) is 28.7 Å². The quantitative estimate of drug-likeness (QED) is 0.335. The highest BCUT2D eigenvalue weighted by molar-refractivity contribution is 6.31. The second kappa shape index (κ2) is 8.15. The number of Topliss-reactive ketones (excluding diaryl/α,β-unsaturated/α-hetero) is 2. The lowest BCUT2D eigenvalue weighted by atomic mass is 9.70. The van der Waals surface area contributed by atoms with Gasteiger partial charge in [0.15, 0.2) is 28.8 Å². The number of fused-ring (bicyclic) bond motifs is 4. The van der Waals surface area contributed by atoms with Gasteiger partial charge in [0.1, 0.15) is 46.7 Å². The van der Waals surface area contributed by atoms with Gasteiger partial charge < -0.3 is 29.7 Å². The summed E-state index contributed by atoms with van der Waals surface area (Å²) in [6, 6.07) is 7.30. The highest BCUT2D eigenvalue weighted by Crippen LogP contribution is 2.57. The van der Waals surface area contributed by atoms with Crippen molar-refractivity contribution in [2.75, 3.05) is 13.2 Å². The van der Waals surface area contributed by atoms with Gasteiger partial charge in [0.05, 0.1) is 17.7 Å². The Labute approximate surface area is 207 Å². The van der Waals surface area contributed by atoms with E-state index in [0.29, 0.717) is 23.8 Å². The number of nitrogens with one attached hydrogen (secondary N) is 1. The average molecular weight is 491 g/mol. The fourth-order valence-electron chi connectivity index (χ4n) is 4.88. The van der Waals surface area contributed by atoms with Crippen molar-refractivity contribution in [3.63, 3.8) is 0 Å². The zero-order valence-electron chi connectivity index (χ0n) is 20.2. The fraction of sp³-hybridized carbons (Fsp3) is 0.296. The van der Waals surface area contributed by atoms with Gasteiger partial charge in [0, 0.05) is 17.3 Å². The summed E-state index contributed by atoms with van der Waals surface area (Å²) in [5.41, 5.74) is -1.37. The number of ether oxygens (including phenoxy) is 3. The van der Waals surface area contributed by atoms with Crippen LogP contribution >= 0.6 is 0 Å². The summed E-state index contributed by atoms with van der Waals surface area (Å²) in [4.78, 5) is 39.2. The maximum atomic E-state index is 13.8. The zero-order valence-corrected chi connectivity index (χ0v) is 20.2. The molecule has 3 N–H and O–H groups in total. The highest BCUT2D eigenvalue weighted by Gasteiger charge is 2.56. The minimum atomic E-state index is -1.56. The molecule has 2 aromatic carbocycles. The largest absolute Gasteiger partial charge is 0.507 e. The van der Waals surface area contributed by atoms with E-state index in [1.165, 1.54) is 26.8 Å². The summed E-state index contributed by atoms with van der Waals surface area (Å²) >= 11 is 0. The van der Waals surface area contributed by atoms with Gasteiger partial charge in [0.25, 0.3) is 0 Å². The van der Waals surface area contributed by atoms with Gasteiger partial charge in [-0.05, 0) is 39.8 Å². The lowest BCUT2D eigenvalue weighted by molar-refractivity contribution is -0.123. The lowest BCUT2D eigenvalue weighted by Gasteiger charge is -2.30. The van der Waals surface area contributed by atoms with Crippen LogP contribution in [0.5, 0.6) is 28.7 Å². The third-order valence-electron chi connectivity index (χ3n) is 6.92. The molecule has 0 saturated carbocycles. The number of rotatable bonds is 4. The molecule has 0 radical (unpaired) electrons. The summed E-state index contributed by atoms with van der Waals surface area (Å²) in [5, 5.41) is 24.5. The molecular weight excluding hydrogens is 466 g/mol. The molecule has 0 bridgehead atoms. The minimum Gasteiger partial charge on any atom is -0.507 e. The molecule has 2 aromatic rings. The summed E-state index contributed by atoms with van der Waals surface area (Å²) < 4.78 is 17.4. The van der Waals surface area contributed by atoms with E-state index in [-0.39, 0.29) is 52.2 Å². The molecule has 5 rings (SSSR count). The van der Waals surface area contributed by atoms with E-state index >= 15 is 0 Å². The Bertz CT molecular complexity index is 1420. The van der Waals surface area contributed by atoms with Crippen LogP contribution in [0.1, 0.15) is 42.3 Å². The molecule has 9 nitrogen and oxygen atoms in total. The molecule has 2 atom stereocenters. The summed E-state index contributed by atoms with van der Waals surface area (Å²) in [6.45, 7) is 6.40. The molecule has 2 aliphatic heterocycles. The topological polar surface area (TPSA) is 131 Å². The maximum Gasteiger partial charge on any atom is 0.194 e. The van der Waals surface area contributed by atoms with Crippen molar-refractivity contribution in [3.05, 3.63) is 64.1 Å². The van der Waals surface area contributed by atoms with E-state index in [0.717, 1.165) is 0 Å². The number of carbonyl (C=O) groups excluding carboxylic acids is 3. The van der Waals surface area contributed by atoms with Crippen LogP contribution in [0.3, 0.4) is 0 Å². The van der Waals surface area contributed by atoms with Crippen LogP contribution < -0.4 is 19.5 Å². The number of carbonyl (C=O) groups is 3. The average Bonchev–Trinajstić information content (AvgIpc) is 3.14. The zero-order chi connectivity index (χ0) is 25.9. The number of phenols is 2. The summed E-state index contributed by atoms with van der Waals surface area (Å²) in [6.07, 6.45) is 0.836. The van der Waals surface area contributed by atoms with Gasteiger partial charge in [0.2, 0.25) is 0 Å². The van der Waals surface area contributed by atoms with E-state index in [9.17, 15) is 24.6 Å². The summed E-state index contributed by atoms with van der Waals surface area (Å²) in [7, 11) is 0. The number of para-hydroxylation sites is 2. The van der Waals surface area contributed by atoms with Crippen molar-refractivity contribution >= 4 is 17.3 Å². The molecule has 1 aliphatic carbocycles. The first-order valence-corrected chi connectivity index (χ1v) is 11.5. The van der Waals surface area contributed by atoms with Crippen LogP contribution in [0.15, 0.2) is 47.4 Å². The van der Waals surface area contributed by atoms with Crippen LogP contribution in [0.4, 0.5) is 0 Å². The van der Waals surface area contributed by atoms with Crippen molar-refractivity contribution in [2.24, 2.45) is 0 Å². The Hall–Kier alpha value is -4.27. The number of hydrogen-bond donors (Lipinski definition) is 3. The molecule has 0 saturated heterocycles. The van der Waals surface area contributed by atoms with Gasteiger partial charge in [-0.15, -0.1) is 0 Å². The molecule has 0 amide bonds. The normalized spacial score (nSPS) is 23.3. The second-order valence-corrected chi connectivity index (χ2v) is 9.27. The minimum absolute atomic E-state index is 0.00697. The van der Waals surface area contributed by atoms with Crippen molar-refractivity contribution < 1.29 is 38.8 Å². The van der Waals surface area contributed by atoms with Crippen LogP contribution in [0.2, 0.25) is 0 Å². The van der Waals surface area contributed by atoms with Gasteiger partial charge in [-0.25, -0.2) is 0 Å². The van der Waals surface area contributed by atoms with Crippen molar-refractivity contribution in [2.45, 2.75) is 39.2 Å². The number of ketones is 3. The van der Waals surface area contributed by atoms with E-state index in [1.54, 1.807) is 13.0 Å². The van der Waals surface area contributed by atoms with E-state index < -0.39 is 28.5 Å². The maximum absolute atomic E-state index is 13.8. The van der Waals surface area contributed by atoms with Crippen LogP contribution in [0, 0.1) is 6.92 Å². The molecule has 0 aromatic heterocycles. The first kappa shape index (κ1) is 23.5. The third-order valence-corrected chi connectivity index (χ3v) is 6.92. The predicted molar refractivity (Wildman–Crippen MR) is 128 cm³/mol. The van der Waals surface area contributed by atoms with E-state index in [1.807, 2.05) is 18.2 Å². The first-order chi connectivity index (χ1) is 17.1. The van der Waals surface area contributed by atoms with E-state index in [4.69, 9.17) is 14.2 Å². The van der Waals surface area contributed by atoms with Crippen LogP contribution in [0.25, 0.3) is 0 Å². The first-order valence-electron chi connectivity index (χ1n) is 11.5. The number of hydrogen-bond acceptors (Lipinski definition) is 9. The molecule has 0 fully saturated rings. The number of benzene rings is 2. The SMILES string of the molecule is CC(=O)c1c(O)c(C)c(O)c2c1OC1=CC(=O)/C(=C(/C)NCC3COc4ccccc4O3)C(=O)[C@@]12C. The van der Waals surface area contributed by atoms with Gasteiger partial charge >= 0.3 is 0 Å². The number of aromatic hydroxyl groups is 2. The Balaban J connectivity index is 1.49. The monoisotopic (exact) mass is 491 g/mol. The standard InChI is InChI=1S/C27H25NO8/c1-12-23(31)21(14(3)29)25-22(24(12)32)27(4)19(36-25)9-16(30)20(26(27)33)13(2)28-10-15-11-34-17-7-5-6-8-18(17)35-15/h5-9,15,28,31-32H,10-11H2,1-4H3/b20-13+/t15?,27-/m0/s1. The van der Waals surface area contributed by atoms with Gasteiger partial charge in [-0.1, -0.05) is 12.1 Å². The molecule has 9 heteroatoms. The molecule has 1 unspecified atom stereocenters. The molecule has 36 heavy (non-hydrogen) atoms. The number of phenolic OH excluding ortho intramolecular Hbond substituents is 2. The van der Waals surface area contributed by atoms with Crippen LogP contribution in [-0.2, 0) is 15.0 Å². The smallest absolute Gasteiger partial charge is 0.194 e. The van der Waals surface area contributed by atoms with Gasteiger partial charge in [-0.3, -0.25) is 14.4 Å². The molecular formula is C27H25NO8. The highest BCUT2D eigenvalue weighted by atomic mass is 16.6. The lowest BCUT2D eigenvalue weighted by Crippen LogP contribution is -2.42. The predicted octanol–water partition coefficient (Wildman–Crippen LogP) is 3.00.